The fraction of sp³-hybridized carbons (Fsp3) is 0.615. The van der Waals surface area contributed by atoms with Crippen LogP contribution in [0.3, 0.4) is 0 Å². The summed E-state index contributed by atoms with van der Waals surface area (Å²) in [5.41, 5.74) is 0. The molecule has 0 aromatic rings. The second-order valence-electron chi connectivity index (χ2n) is 18.5. The van der Waals surface area contributed by atoms with Gasteiger partial charge < -0.3 is 14.2 Å². The van der Waals surface area contributed by atoms with Gasteiger partial charge in [-0.15, -0.1) is 0 Å². The smallest absolute Gasteiger partial charge is 0.306 e. The van der Waals surface area contributed by atoms with Gasteiger partial charge in [0.2, 0.25) is 0 Å². The monoisotopic (exact) mass is 981 g/mol. The van der Waals surface area contributed by atoms with Crippen LogP contribution in [0.4, 0.5) is 0 Å². The third-order valence-corrected chi connectivity index (χ3v) is 11.6. The Morgan fingerprint density at radius 2 is 0.563 bits per heavy atom. The van der Waals surface area contributed by atoms with Crippen LogP contribution in [0.5, 0.6) is 0 Å². The molecule has 0 spiro atoms. The van der Waals surface area contributed by atoms with Gasteiger partial charge in [0, 0.05) is 19.3 Å². The lowest BCUT2D eigenvalue weighted by molar-refractivity contribution is -0.167. The fourth-order valence-corrected chi connectivity index (χ4v) is 7.35. The average Bonchev–Trinajstić information content (AvgIpc) is 3.37. The van der Waals surface area contributed by atoms with E-state index in [0.717, 1.165) is 128 Å². The molecule has 0 heterocycles. The van der Waals surface area contributed by atoms with Gasteiger partial charge in [-0.25, -0.2) is 0 Å². The molecule has 400 valence electrons. The SMILES string of the molecule is CC/C=C\C/C=C\C/C=C\C/C=C\C/C=C\C/C=C\C/C=C\C/C=C\C/C=C\CCCC(=O)OCC(COC(=O)CCCCCCCCCC)OC(=O)CCCCCCC/C=C\C/C=C\CCCCCC. The molecule has 71 heavy (non-hydrogen) atoms. The van der Waals surface area contributed by atoms with E-state index in [2.05, 4.69) is 154 Å². The van der Waals surface area contributed by atoms with Gasteiger partial charge >= 0.3 is 17.9 Å². The van der Waals surface area contributed by atoms with Gasteiger partial charge in [0.05, 0.1) is 0 Å². The maximum Gasteiger partial charge on any atom is 0.306 e. The minimum atomic E-state index is -0.810. The van der Waals surface area contributed by atoms with Crippen molar-refractivity contribution < 1.29 is 28.6 Å². The number of esters is 3. The second kappa shape index (κ2) is 58.1. The Morgan fingerprint density at radius 1 is 0.296 bits per heavy atom. The Bertz CT molecular complexity index is 1550. The first-order valence-corrected chi connectivity index (χ1v) is 28.7. The van der Waals surface area contributed by atoms with E-state index >= 15 is 0 Å². The molecule has 0 N–H and O–H groups in total. The molecule has 1 unspecified atom stereocenters. The lowest BCUT2D eigenvalue weighted by atomic mass is 10.1. The molecule has 0 bridgehead atoms. The first kappa shape index (κ1) is 66.6. The highest BCUT2D eigenvalue weighted by Gasteiger charge is 2.19. The average molecular weight is 982 g/mol. The van der Waals surface area contributed by atoms with Gasteiger partial charge in [-0.3, -0.25) is 14.4 Å². The summed E-state index contributed by atoms with van der Waals surface area (Å²) in [5, 5.41) is 0. The summed E-state index contributed by atoms with van der Waals surface area (Å²) < 4.78 is 16.7. The Morgan fingerprint density at radius 3 is 0.930 bits per heavy atom. The summed E-state index contributed by atoms with van der Waals surface area (Å²) in [6, 6.07) is 0. The van der Waals surface area contributed by atoms with Gasteiger partial charge in [0.1, 0.15) is 13.2 Å². The highest BCUT2D eigenvalue weighted by atomic mass is 16.6. The first-order valence-electron chi connectivity index (χ1n) is 28.7. The Kier molecular flexibility index (Phi) is 54.5. The van der Waals surface area contributed by atoms with Crippen LogP contribution in [0.15, 0.2) is 134 Å². The maximum atomic E-state index is 12.8. The van der Waals surface area contributed by atoms with Crippen molar-refractivity contribution in [2.45, 2.75) is 245 Å². The molecular weight excluding hydrogens is 877 g/mol. The summed E-state index contributed by atoms with van der Waals surface area (Å²) in [5.74, 6) is -0.991. The van der Waals surface area contributed by atoms with Crippen LogP contribution in [0.1, 0.15) is 239 Å². The van der Waals surface area contributed by atoms with E-state index in [1.165, 1.54) is 64.2 Å². The molecule has 0 aliphatic rings. The Labute approximate surface area is 436 Å². The Hall–Kier alpha value is -4.45. The van der Waals surface area contributed by atoms with Crippen LogP contribution in [0.25, 0.3) is 0 Å². The molecule has 6 heteroatoms. The molecule has 0 fully saturated rings. The molecule has 6 nitrogen and oxygen atoms in total. The molecule has 0 aliphatic heterocycles. The van der Waals surface area contributed by atoms with Crippen molar-refractivity contribution in [1.82, 2.24) is 0 Å². The van der Waals surface area contributed by atoms with Crippen molar-refractivity contribution in [3.05, 3.63) is 134 Å². The molecule has 0 aromatic heterocycles. The van der Waals surface area contributed by atoms with E-state index in [0.29, 0.717) is 19.3 Å². The van der Waals surface area contributed by atoms with Crippen molar-refractivity contribution in [2.75, 3.05) is 13.2 Å². The fourth-order valence-electron chi connectivity index (χ4n) is 7.35. The van der Waals surface area contributed by atoms with Crippen LogP contribution in [0.2, 0.25) is 0 Å². The molecule has 0 rings (SSSR count). The number of ether oxygens (including phenoxy) is 3. The molecule has 0 amide bonds. The third kappa shape index (κ3) is 56.3. The summed E-state index contributed by atoms with van der Waals surface area (Å²) in [7, 11) is 0. The topological polar surface area (TPSA) is 78.9 Å². The summed E-state index contributed by atoms with van der Waals surface area (Å²) in [6.07, 6.45) is 81.8. The van der Waals surface area contributed by atoms with Crippen molar-refractivity contribution in [1.29, 1.82) is 0 Å². The quantitative estimate of drug-likeness (QED) is 0.0262. The van der Waals surface area contributed by atoms with Crippen LogP contribution >= 0.6 is 0 Å². The number of unbranched alkanes of at least 4 members (excludes halogenated alkanes) is 17. The predicted octanol–water partition coefficient (Wildman–Crippen LogP) is 19.4. The zero-order valence-corrected chi connectivity index (χ0v) is 45.7. The van der Waals surface area contributed by atoms with E-state index in [-0.39, 0.29) is 37.5 Å². The summed E-state index contributed by atoms with van der Waals surface area (Å²) in [6.45, 7) is 6.40. The second-order valence-corrected chi connectivity index (χ2v) is 18.5. The Balaban J connectivity index is 4.37. The minimum Gasteiger partial charge on any atom is -0.462 e. The summed E-state index contributed by atoms with van der Waals surface area (Å²) in [4.78, 5) is 37.9. The van der Waals surface area contributed by atoms with E-state index in [1.807, 2.05) is 0 Å². The highest BCUT2D eigenvalue weighted by Crippen LogP contribution is 2.13. The maximum absolute atomic E-state index is 12.8. The van der Waals surface area contributed by atoms with E-state index in [4.69, 9.17) is 14.2 Å². The molecule has 0 aromatic carbocycles. The predicted molar refractivity (Wildman–Crippen MR) is 306 cm³/mol. The van der Waals surface area contributed by atoms with Crippen LogP contribution < -0.4 is 0 Å². The lowest BCUT2D eigenvalue weighted by Crippen LogP contribution is -2.30. The molecule has 1 atom stereocenters. The molecule has 0 saturated carbocycles. The van der Waals surface area contributed by atoms with Crippen molar-refractivity contribution in [3.63, 3.8) is 0 Å². The molecule has 0 saturated heterocycles. The van der Waals surface area contributed by atoms with Crippen molar-refractivity contribution in [3.8, 4) is 0 Å². The number of hydrogen-bond donors (Lipinski definition) is 0. The number of hydrogen-bond acceptors (Lipinski definition) is 6. The number of carbonyl (C=O) groups excluding carboxylic acids is 3. The zero-order chi connectivity index (χ0) is 51.4. The van der Waals surface area contributed by atoms with Gasteiger partial charge in [0.15, 0.2) is 6.10 Å². The largest absolute Gasteiger partial charge is 0.462 e. The van der Waals surface area contributed by atoms with Crippen LogP contribution in [-0.2, 0) is 28.6 Å². The van der Waals surface area contributed by atoms with Crippen molar-refractivity contribution in [2.24, 2.45) is 0 Å². The van der Waals surface area contributed by atoms with Crippen LogP contribution in [-0.4, -0.2) is 37.2 Å². The lowest BCUT2D eigenvalue weighted by Gasteiger charge is -2.18. The number of allylic oxidation sites excluding steroid dienone is 22. The van der Waals surface area contributed by atoms with E-state index < -0.39 is 6.10 Å². The van der Waals surface area contributed by atoms with Crippen LogP contribution in [0, 0.1) is 0 Å². The molecule has 0 radical (unpaired) electrons. The molecular formula is C65H104O6. The normalized spacial score (nSPS) is 13.1. The van der Waals surface area contributed by atoms with Gasteiger partial charge in [-0.2, -0.15) is 0 Å². The number of rotatable bonds is 50. The van der Waals surface area contributed by atoms with Gasteiger partial charge in [-0.1, -0.05) is 238 Å². The van der Waals surface area contributed by atoms with E-state index in [9.17, 15) is 14.4 Å². The van der Waals surface area contributed by atoms with E-state index in [1.54, 1.807) is 0 Å². The van der Waals surface area contributed by atoms with Crippen molar-refractivity contribution >= 4 is 17.9 Å². The summed E-state index contributed by atoms with van der Waals surface area (Å²) >= 11 is 0. The zero-order valence-electron chi connectivity index (χ0n) is 45.7. The first-order chi connectivity index (χ1) is 35.0. The standard InChI is InChI=1S/C65H104O6/c1-4-7-10-13-16-19-21-23-25-27-28-29-30-31-32-33-34-35-36-37-38-39-41-42-44-46-49-52-55-58-64(67)70-61-62(60-69-63(66)57-54-51-48-18-15-12-9-6-3)71-65(68)59-56-53-50-47-45-43-40-26-24-22-20-17-14-11-8-5-2/h7,10,16,19-20,22-23,25-26,28-29,31-32,34-35,37-38,40-42,46,49,62H,4-6,8-9,11-15,17-18,21,24,27,30,33,36,39,43-45,47-48,50-61H2,1-3H3/b10-7-,19-16-,22-20-,25-23-,29-28-,32-31-,35-34-,38-37-,40-26-,42-41-,49-46-. The third-order valence-electron chi connectivity index (χ3n) is 11.6. The highest BCUT2D eigenvalue weighted by molar-refractivity contribution is 5.71. The number of carbonyl (C=O) groups is 3. The molecule has 0 aliphatic carbocycles. The van der Waals surface area contributed by atoms with Gasteiger partial charge in [0.25, 0.3) is 0 Å². The van der Waals surface area contributed by atoms with Gasteiger partial charge in [-0.05, 0) is 116 Å². The minimum absolute atomic E-state index is 0.105.